The number of halogens is 2. The molecule has 2 rings (SSSR count). The molecule has 1 aromatic rings. The van der Waals surface area contributed by atoms with E-state index in [1.165, 1.54) is 12.1 Å². The van der Waals surface area contributed by atoms with Gasteiger partial charge in [0.1, 0.15) is 5.75 Å². The number of carbonyl (C=O) groups excluding carboxylic acids is 1. The van der Waals surface area contributed by atoms with Crippen molar-refractivity contribution >= 4 is 5.91 Å². The second kappa shape index (κ2) is 5.66. The highest BCUT2D eigenvalue weighted by Crippen LogP contribution is 2.32. The predicted octanol–water partition coefficient (Wildman–Crippen LogP) is 1.40. The topological polar surface area (TPSA) is 76.4 Å². The summed E-state index contributed by atoms with van der Waals surface area (Å²) in [6, 6.07) is 2.86. The molecule has 112 valence electrons. The number of amides is 1. The minimum atomic E-state index is -3.66. The Bertz CT molecular complexity index is 586. The minimum absolute atomic E-state index is 0.218. The van der Waals surface area contributed by atoms with Crippen LogP contribution in [0, 0.1) is 17.2 Å². The number of nitrogens with one attached hydrogen (secondary N) is 1. The Balaban J connectivity index is 2.09. The molecule has 1 fully saturated rings. The van der Waals surface area contributed by atoms with Gasteiger partial charge in [-0.15, -0.1) is 0 Å². The van der Waals surface area contributed by atoms with E-state index in [1.54, 1.807) is 17.3 Å². The van der Waals surface area contributed by atoms with E-state index in [0.717, 1.165) is 12.1 Å². The van der Waals surface area contributed by atoms with Crippen LogP contribution in [0.1, 0.15) is 12.0 Å². The summed E-state index contributed by atoms with van der Waals surface area (Å²) in [6.45, 7) is 0.251. The molecule has 0 spiro atoms. The third kappa shape index (κ3) is 3.11. The summed E-state index contributed by atoms with van der Waals surface area (Å²) < 4.78 is 28.1. The maximum atomic E-state index is 14.0. The predicted molar refractivity (Wildman–Crippen MR) is 70.3 cm³/mol. The number of hydrogen-bond donors (Lipinski definition) is 2. The summed E-state index contributed by atoms with van der Waals surface area (Å²) >= 11 is 0. The van der Waals surface area contributed by atoms with E-state index >= 15 is 0 Å². The summed E-state index contributed by atoms with van der Waals surface area (Å²) in [6.07, 6.45) is 0.218. The molecule has 0 radical (unpaired) electrons. The van der Waals surface area contributed by atoms with Crippen molar-refractivity contribution in [3.05, 3.63) is 29.8 Å². The molecule has 7 heteroatoms. The first-order valence-corrected chi connectivity index (χ1v) is 6.43. The van der Waals surface area contributed by atoms with Crippen LogP contribution >= 0.6 is 0 Å². The monoisotopic (exact) mass is 295 g/mol. The van der Waals surface area contributed by atoms with Gasteiger partial charge >= 0.3 is 6.05 Å². The van der Waals surface area contributed by atoms with E-state index in [0.29, 0.717) is 0 Å². The van der Waals surface area contributed by atoms with Gasteiger partial charge < -0.3 is 5.11 Å². The van der Waals surface area contributed by atoms with Crippen LogP contribution in [0.5, 0.6) is 5.75 Å². The molecule has 1 saturated heterocycles. The van der Waals surface area contributed by atoms with E-state index in [4.69, 9.17) is 5.26 Å². The van der Waals surface area contributed by atoms with Gasteiger partial charge in [-0.2, -0.15) is 14.0 Å². The van der Waals surface area contributed by atoms with Crippen LogP contribution in [0.2, 0.25) is 0 Å². The molecule has 0 aromatic heterocycles. The molecule has 0 aliphatic carbocycles. The van der Waals surface area contributed by atoms with E-state index < -0.39 is 35.2 Å². The molecule has 1 aliphatic heterocycles. The molecule has 1 amide bonds. The number of hydrogen-bond acceptors (Lipinski definition) is 4. The lowest BCUT2D eigenvalue weighted by molar-refractivity contribution is -0.137. The lowest BCUT2D eigenvalue weighted by Gasteiger charge is -2.21. The van der Waals surface area contributed by atoms with Gasteiger partial charge in [0.25, 0.3) is 0 Å². The summed E-state index contributed by atoms with van der Waals surface area (Å²) in [5.41, 5.74) is -0.651. The fraction of sp³-hybridized carbons (Fsp3) is 0.429. The smallest absolute Gasteiger partial charge is 0.356 e. The van der Waals surface area contributed by atoms with Crippen molar-refractivity contribution in [3.63, 3.8) is 0 Å². The number of nitrogens with zero attached hydrogens (tertiary/aromatic N) is 2. The van der Waals surface area contributed by atoms with Gasteiger partial charge in [-0.05, 0) is 25.6 Å². The number of phenols is 1. The van der Waals surface area contributed by atoms with Gasteiger partial charge in [-0.1, -0.05) is 12.1 Å². The molecule has 5 nitrogen and oxygen atoms in total. The van der Waals surface area contributed by atoms with Gasteiger partial charge in [0.15, 0.2) is 0 Å². The van der Waals surface area contributed by atoms with Crippen molar-refractivity contribution in [1.29, 1.82) is 5.26 Å². The lowest BCUT2D eigenvalue weighted by Crippen LogP contribution is -2.42. The van der Waals surface area contributed by atoms with Crippen LogP contribution in [0.15, 0.2) is 24.3 Å². The fourth-order valence-electron chi connectivity index (χ4n) is 2.40. The number of likely N-dealkylation sites (tertiary alicyclic amines) is 1. The van der Waals surface area contributed by atoms with E-state index in [2.05, 4.69) is 0 Å². The van der Waals surface area contributed by atoms with Gasteiger partial charge in [0.2, 0.25) is 5.91 Å². The van der Waals surface area contributed by atoms with E-state index in [1.807, 2.05) is 6.07 Å². The number of nitriles is 1. The molecule has 2 atom stereocenters. The Kier molecular flexibility index (Phi) is 4.09. The van der Waals surface area contributed by atoms with Gasteiger partial charge in [-0.25, -0.2) is 0 Å². The number of rotatable bonds is 3. The normalized spacial score (nSPS) is 22.8. The molecule has 1 aromatic carbocycles. The summed E-state index contributed by atoms with van der Waals surface area (Å²) in [4.78, 5) is 13.6. The Morgan fingerprint density at radius 1 is 1.52 bits per heavy atom. The fourth-order valence-corrected chi connectivity index (χ4v) is 2.40. The van der Waals surface area contributed by atoms with Crippen LogP contribution in [0.3, 0.4) is 0 Å². The summed E-state index contributed by atoms with van der Waals surface area (Å²) in [5, 5.41) is 20.0. The number of para-hydroxylation sites is 1. The van der Waals surface area contributed by atoms with Crippen molar-refractivity contribution < 1.29 is 18.7 Å². The third-order valence-corrected chi connectivity index (χ3v) is 3.59. The van der Waals surface area contributed by atoms with E-state index in [9.17, 15) is 18.7 Å². The van der Waals surface area contributed by atoms with Gasteiger partial charge in [0.05, 0.1) is 23.6 Å². The molecule has 1 heterocycles. The maximum Gasteiger partial charge on any atom is 0.356 e. The van der Waals surface area contributed by atoms with Crippen LogP contribution < -0.4 is 5.32 Å². The van der Waals surface area contributed by atoms with E-state index in [-0.39, 0.29) is 13.0 Å². The van der Waals surface area contributed by atoms with Gasteiger partial charge in [-0.3, -0.25) is 15.0 Å². The Hall–Kier alpha value is -2.20. The van der Waals surface area contributed by atoms with Crippen molar-refractivity contribution in [2.45, 2.75) is 18.5 Å². The highest BCUT2D eigenvalue weighted by atomic mass is 19.3. The summed E-state index contributed by atoms with van der Waals surface area (Å²) in [7, 11) is 1.67. The zero-order valence-corrected chi connectivity index (χ0v) is 11.4. The van der Waals surface area contributed by atoms with Gasteiger partial charge in [0, 0.05) is 6.54 Å². The Labute approximate surface area is 120 Å². The maximum absolute atomic E-state index is 14.0. The molecule has 2 unspecified atom stereocenters. The second-order valence-electron chi connectivity index (χ2n) is 5.10. The molecule has 0 saturated carbocycles. The molecule has 2 N–H and O–H groups in total. The largest absolute Gasteiger partial charge is 0.507 e. The first-order valence-electron chi connectivity index (χ1n) is 6.43. The zero-order valence-electron chi connectivity index (χ0n) is 11.4. The van der Waals surface area contributed by atoms with Crippen molar-refractivity contribution in [2.75, 3.05) is 13.6 Å². The van der Waals surface area contributed by atoms with Crippen molar-refractivity contribution in [3.8, 4) is 11.8 Å². The quantitative estimate of drug-likeness (QED) is 0.827. The minimum Gasteiger partial charge on any atom is -0.507 e. The first-order chi connectivity index (χ1) is 9.85. The SMILES string of the molecule is CN1CC(C(=O)NC(F)(F)c2ccccc2O)CC1C#N. The summed E-state index contributed by atoms with van der Waals surface area (Å²) in [5.74, 6) is -2.08. The number of alkyl halides is 2. The highest BCUT2D eigenvalue weighted by Gasteiger charge is 2.41. The number of aromatic hydroxyl groups is 1. The van der Waals surface area contributed by atoms with Crippen molar-refractivity contribution in [2.24, 2.45) is 5.92 Å². The number of carbonyl (C=O) groups is 1. The third-order valence-electron chi connectivity index (χ3n) is 3.59. The zero-order chi connectivity index (χ0) is 15.6. The first kappa shape index (κ1) is 15.2. The average molecular weight is 295 g/mol. The lowest BCUT2D eigenvalue weighted by atomic mass is 10.0. The molecule has 1 aliphatic rings. The van der Waals surface area contributed by atoms with Crippen LogP contribution in [-0.2, 0) is 10.8 Å². The molecular formula is C14H15F2N3O2. The van der Waals surface area contributed by atoms with Crippen LogP contribution in [0.4, 0.5) is 8.78 Å². The van der Waals surface area contributed by atoms with Crippen molar-refractivity contribution in [1.82, 2.24) is 10.2 Å². The Morgan fingerprint density at radius 3 is 2.76 bits per heavy atom. The van der Waals surface area contributed by atoms with Crippen LogP contribution in [0.25, 0.3) is 0 Å². The Morgan fingerprint density at radius 2 is 2.19 bits per heavy atom. The number of benzene rings is 1. The number of phenolic OH excluding ortho intramolecular Hbond substituents is 1. The average Bonchev–Trinajstić information content (AvgIpc) is 2.80. The van der Waals surface area contributed by atoms with Crippen LogP contribution in [-0.4, -0.2) is 35.5 Å². The second-order valence-corrected chi connectivity index (χ2v) is 5.10. The molecule has 0 bridgehead atoms. The molecule has 21 heavy (non-hydrogen) atoms. The molecular weight excluding hydrogens is 280 g/mol. The standard InChI is InChI=1S/C14H15F2N3O2/c1-19-8-9(6-10(19)7-17)13(21)18-14(15,16)11-4-2-3-5-12(11)20/h2-5,9-10,20H,6,8H2,1H3,(H,18,21). The highest BCUT2D eigenvalue weighted by molar-refractivity contribution is 5.80.